The van der Waals surface area contributed by atoms with Gasteiger partial charge in [0.15, 0.2) is 5.69 Å². The lowest BCUT2D eigenvalue weighted by molar-refractivity contribution is 0.101. The SMILES string of the molecule is COc1ccccc1NC(=O)c1ccc(NC(=O)c2nn(C)c(=O)c3ccccc23)cc1. The molecule has 0 aliphatic rings. The van der Waals surface area contributed by atoms with Gasteiger partial charge in [0.25, 0.3) is 17.4 Å². The van der Waals surface area contributed by atoms with Gasteiger partial charge in [0.05, 0.1) is 18.2 Å². The Hall–Kier alpha value is -4.46. The lowest BCUT2D eigenvalue weighted by atomic mass is 10.1. The Bertz CT molecular complexity index is 1380. The normalized spacial score (nSPS) is 10.6. The summed E-state index contributed by atoms with van der Waals surface area (Å²) in [6.07, 6.45) is 0. The maximum absolute atomic E-state index is 12.8. The number of ether oxygens (including phenoxy) is 1. The number of benzene rings is 3. The Labute approximate surface area is 183 Å². The fraction of sp³-hybridized carbons (Fsp3) is 0.0833. The predicted molar refractivity (Wildman–Crippen MR) is 122 cm³/mol. The summed E-state index contributed by atoms with van der Waals surface area (Å²) in [7, 11) is 3.03. The van der Waals surface area contributed by atoms with Crippen LogP contribution in [0.1, 0.15) is 20.8 Å². The molecule has 0 spiro atoms. The zero-order valence-corrected chi connectivity index (χ0v) is 17.5. The van der Waals surface area contributed by atoms with Crippen LogP contribution in [0, 0.1) is 0 Å². The first kappa shape index (κ1) is 20.8. The minimum Gasteiger partial charge on any atom is -0.495 e. The number of methoxy groups -OCH3 is 1. The molecule has 2 amide bonds. The van der Waals surface area contributed by atoms with Gasteiger partial charge >= 0.3 is 0 Å². The number of nitrogens with zero attached hydrogens (tertiary/aromatic N) is 2. The average Bonchev–Trinajstić information content (AvgIpc) is 2.82. The monoisotopic (exact) mass is 428 g/mol. The van der Waals surface area contributed by atoms with E-state index >= 15 is 0 Å². The van der Waals surface area contributed by atoms with Crippen LogP contribution < -0.4 is 20.9 Å². The molecule has 0 saturated carbocycles. The van der Waals surface area contributed by atoms with E-state index in [-0.39, 0.29) is 17.2 Å². The topological polar surface area (TPSA) is 102 Å². The molecule has 0 fully saturated rings. The van der Waals surface area contributed by atoms with Crippen LogP contribution in [0.2, 0.25) is 0 Å². The van der Waals surface area contributed by atoms with E-state index in [9.17, 15) is 14.4 Å². The fourth-order valence-corrected chi connectivity index (χ4v) is 3.31. The lowest BCUT2D eigenvalue weighted by Gasteiger charge is -2.11. The van der Waals surface area contributed by atoms with Crippen molar-refractivity contribution in [1.82, 2.24) is 9.78 Å². The van der Waals surface area contributed by atoms with Crippen molar-refractivity contribution < 1.29 is 14.3 Å². The minimum atomic E-state index is -0.456. The Kier molecular flexibility index (Phi) is 5.67. The van der Waals surface area contributed by atoms with Crippen molar-refractivity contribution in [2.45, 2.75) is 0 Å². The molecular formula is C24H20N4O4. The van der Waals surface area contributed by atoms with Gasteiger partial charge in [-0.3, -0.25) is 14.4 Å². The Balaban J connectivity index is 1.53. The maximum atomic E-state index is 12.8. The average molecular weight is 428 g/mol. The highest BCUT2D eigenvalue weighted by Crippen LogP contribution is 2.24. The Morgan fingerprint density at radius 2 is 1.50 bits per heavy atom. The van der Waals surface area contributed by atoms with E-state index < -0.39 is 5.91 Å². The van der Waals surface area contributed by atoms with Crippen LogP contribution in [0.15, 0.2) is 77.6 Å². The number of anilines is 2. The zero-order valence-electron chi connectivity index (χ0n) is 17.5. The van der Waals surface area contributed by atoms with Crippen LogP contribution in [0.3, 0.4) is 0 Å². The molecule has 8 heteroatoms. The fourth-order valence-electron chi connectivity index (χ4n) is 3.31. The highest BCUT2D eigenvalue weighted by Gasteiger charge is 2.16. The molecule has 160 valence electrons. The molecule has 2 N–H and O–H groups in total. The van der Waals surface area contributed by atoms with E-state index in [1.54, 1.807) is 66.7 Å². The van der Waals surface area contributed by atoms with Gasteiger partial charge in [-0.05, 0) is 42.5 Å². The highest BCUT2D eigenvalue weighted by atomic mass is 16.5. The largest absolute Gasteiger partial charge is 0.495 e. The summed E-state index contributed by atoms with van der Waals surface area (Å²) in [4.78, 5) is 37.7. The van der Waals surface area contributed by atoms with Gasteiger partial charge in [0.2, 0.25) is 0 Å². The number of amides is 2. The number of aryl methyl sites for hydroxylation is 1. The third kappa shape index (κ3) is 4.06. The van der Waals surface area contributed by atoms with Crippen molar-refractivity contribution >= 4 is 34.0 Å². The maximum Gasteiger partial charge on any atom is 0.276 e. The van der Waals surface area contributed by atoms with E-state index in [0.29, 0.717) is 33.5 Å². The Morgan fingerprint density at radius 1 is 0.844 bits per heavy atom. The molecule has 8 nitrogen and oxygen atoms in total. The molecule has 1 heterocycles. The molecule has 32 heavy (non-hydrogen) atoms. The van der Waals surface area contributed by atoms with Crippen LogP contribution in [0.25, 0.3) is 10.8 Å². The second-order valence-electron chi connectivity index (χ2n) is 7.01. The number of nitrogens with one attached hydrogen (secondary N) is 2. The first-order chi connectivity index (χ1) is 15.5. The Morgan fingerprint density at radius 3 is 2.22 bits per heavy atom. The standard InChI is InChI=1S/C24H20N4O4/c1-28-24(31)18-8-4-3-7-17(18)21(27-28)23(30)25-16-13-11-15(12-14-16)22(29)26-19-9-5-6-10-20(19)32-2/h3-14H,1-2H3,(H,25,30)(H,26,29). The number of hydrogen-bond acceptors (Lipinski definition) is 5. The minimum absolute atomic E-state index is 0.140. The second kappa shape index (κ2) is 8.73. The summed E-state index contributed by atoms with van der Waals surface area (Å²) in [6, 6.07) is 20.4. The van der Waals surface area contributed by atoms with Crippen LogP contribution in [-0.2, 0) is 7.05 Å². The number of hydrogen-bond donors (Lipinski definition) is 2. The quantitative estimate of drug-likeness (QED) is 0.507. The van der Waals surface area contributed by atoms with E-state index in [0.717, 1.165) is 4.68 Å². The van der Waals surface area contributed by atoms with Crippen molar-refractivity contribution in [3.63, 3.8) is 0 Å². The molecular weight excluding hydrogens is 408 g/mol. The number of fused-ring (bicyclic) bond motifs is 1. The van der Waals surface area contributed by atoms with Gasteiger partial charge < -0.3 is 15.4 Å². The van der Waals surface area contributed by atoms with E-state index in [2.05, 4.69) is 15.7 Å². The summed E-state index contributed by atoms with van der Waals surface area (Å²) >= 11 is 0. The van der Waals surface area contributed by atoms with Crippen molar-refractivity contribution in [1.29, 1.82) is 0 Å². The van der Waals surface area contributed by atoms with Crippen molar-refractivity contribution in [3.05, 3.63) is 94.4 Å². The van der Waals surface area contributed by atoms with Gasteiger partial charge in [-0.25, -0.2) is 4.68 Å². The van der Waals surface area contributed by atoms with Crippen LogP contribution >= 0.6 is 0 Å². The molecule has 0 unspecified atom stereocenters. The highest BCUT2D eigenvalue weighted by molar-refractivity contribution is 6.11. The van der Waals surface area contributed by atoms with Gasteiger partial charge in [0.1, 0.15) is 5.75 Å². The number of carbonyl (C=O) groups is 2. The lowest BCUT2D eigenvalue weighted by Crippen LogP contribution is -2.25. The molecule has 1 aromatic heterocycles. The number of para-hydroxylation sites is 2. The first-order valence-corrected chi connectivity index (χ1v) is 9.80. The summed E-state index contributed by atoms with van der Waals surface area (Å²) in [5.41, 5.74) is 1.33. The molecule has 0 saturated heterocycles. The van der Waals surface area contributed by atoms with E-state index in [4.69, 9.17) is 4.74 Å². The summed E-state index contributed by atoms with van der Waals surface area (Å²) < 4.78 is 6.39. The van der Waals surface area contributed by atoms with E-state index in [1.807, 2.05) is 6.07 Å². The summed E-state index contributed by atoms with van der Waals surface area (Å²) in [5.74, 6) is -0.206. The molecule has 0 radical (unpaired) electrons. The molecule has 4 rings (SSSR count). The van der Waals surface area contributed by atoms with Gasteiger partial charge in [-0.1, -0.05) is 30.3 Å². The van der Waals surface area contributed by atoms with Gasteiger partial charge in [-0.2, -0.15) is 5.10 Å². The number of carbonyl (C=O) groups excluding carboxylic acids is 2. The summed E-state index contributed by atoms with van der Waals surface area (Å²) in [6.45, 7) is 0. The second-order valence-corrected chi connectivity index (χ2v) is 7.01. The third-order valence-corrected chi connectivity index (χ3v) is 4.93. The van der Waals surface area contributed by atoms with Crippen molar-refractivity contribution in [2.24, 2.45) is 7.05 Å². The molecule has 0 aliphatic heterocycles. The van der Waals surface area contributed by atoms with Gasteiger partial charge in [0, 0.05) is 23.7 Å². The van der Waals surface area contributed by atoms with Crippen LogP contribution in [0.4, 0.5) is 11.4 Å². The predicted octanol–water partition coefficient (Wildman–Crippen LogP) is 3.45. The molecule has 0 bridgehead atoms. The van der Waals surface area contributed by atoms with Crippen molar-refractivity contribution in [3.8, 4) is 5.75 Å². The number of rotatable bonds is 5. The van der Waals surface area contributed by atoms with Gasteiger partial charge in [-0.15, -0.1) is 0 Å². The summed E-state index contributed by atoms with van der Waals surface area (Å²) in [5, 5.41) is 10.6. The van der Waals surface area contributed by atoms with Crippen molar-refractivity contribution in [2.75, 3.05) is 17.7 Å². The first-order valence-electron chi connectivity index (χ1n) is 9.80. The zero-order chi connectivity index (χ0) is 22.7. The van der Waals surface area contributed by atoms with E-state index in [1.165, 1.54) is 14.2 Å². The smallest absolute Gasteiger partial charge is 0.276 e. The van der Waals surface area contributed by atoms with Crippen LogP contribution in [0.5, 0.6) is 5.75 Å². The van der Waals surface area contributed by atoms with Crippen LogP contribution in [-0.4, -0.2) is 28.7 Å². The molecule has 0 aliphatic carbocycles. The molecule has 3 aromatic carbocycles. The number of aromatic nitrogens is 2. The third-order valence-electron chi connectivity index (χ3n) is 4.93. The molecule has 4 aromatic rings. The molecule has 0 atom stereocenters.